The average Bonchev–Trinajstić information content (AvgIpc) is 2.84. The van der Waals surface area contributed by atoms with Gasteiger partial charge in [-0.15, -0.1) is 0 Å². The van der Waals surface area contributed by atoms with Gasteiger partial charge < -0.3 is 10.4 Å². The summed E-state index contributed by atoms with van der Waals surface area (Å²) >= 11 is 0. The number of nitrogens with one attached hydrogen (secondary N) is 2. The molecule has 2 heterocycles. The summed E-state index contributed by atoms with van der Waals surface area (Å²) in [4.78, 5) is 0.198. The fourth-order valence-corrected chi connectivity index (χ4v) is 3.98. The third kappa shape index (κ3) is 2.05. The summed E-state index contributed by atoms with van der Waals surface area (Å²) in [5.41, 5.74) is 0.958. The van der Waals surface area contributed by atoms with Gasteiger partial charge in [-0.25, -0.2) is 8.42 Å². The molecule has 102 valence electrons. The van der Waals surface area contributed by atoms with E-state index in [1.54, 1.807) is 13.8 Å². The standard InChI is InChI=1S/C10H18N4O3S/c1-6-10(7(2)13-12-6)18(16,17)14(3)8-4-11-5-9(8)15/h8-9,11,15H,4-5H2,1-3H3,(H,12,13)/t8-,9-/m0/s1. The molecule has 0 amide bonds. The smallest absolute Gasteiger partial charge is 0.246 e. The molecule has 8 heteroatoms. The van der Waals surface area contributed by atoms with Crippen molar-refractivity contribution in [1.29, 1.82) is 0 Å². The van der Waals surface area contributed by atoms with E-state index in [0.717, 1.165) is 0 Å². The number of nitrogens with zero attached hydrogens (tertiary/aromatic N) is 2. The predicted octanol–water partition coefficient (Wildman–Crippen LogP) is -1.02. The van der Waals surface area contributed by atoms with Crippen LogP contribution in [0.1, 0.15) is 11.4 Å². The number of sulfonamides is 1. The molecule has 1 saturated heterocycles. The molecule has 0 saturated carbocycles. The first-order chi connectivity index (χ1) is 8.35. The number of β-amino-alcohol motifs (C(OH)–C–C–N with tert-alkyl or cyclic N) is 1. The summed E-state index contributed by atoms with van der Waals surface area (Å²) in [5, 5.41) is 19.3. The molecule has 0 bridgehead atoms. The summed E-state index contributed by atoms with van der Waals surface area (Å²) < 4.78 is 26.2. The summed E-state index contributed by atoms with van der Waals surface area (Å²) in [6.07, 6.45) is -0.683. The zero-order valence-electron chi connectivity index (χ0n) is 10.6. The van der Waals surface area contributed by atoms with Crippen LogP contribution in [0.4, 0.5) is 0 Å². The van der Waals surface area contributed by atoms with E-state index in [-0.39, 0.29) is 4.90 Å². The number of H-pyrrole nitrogens is 1. The first-order valence-electron chi connectivity index (χ1n) is 5.74. The van der Waals surface area contributed by atoms with Crippen molar-refractivity contribution in [3.05, 3.63) is 11.4 Å². The topological polar surface area (TPSA) is 98.3 Å². The number of aryl methyl sites for hydroxylation is 2. The second kappa shape index (κ2) is 4.61. The minimum Gasteiger partial charge on any atom is -0.390 e. The van der Waals surface area contributed by atoms with Crippen molar-refractivity contribution in [2.45, 2.75) is 30.9 Å². The first-order valence-corrected chi connectivity index (χ1v) is 7.18. The molecule has 2 rings (SSSR count). The number of aliphatic hydroxyl groups excluding tert-OH is 1. The lowest BCUT2D eigenvalue weighted by Gasteiger charge is -2.25. The van der Waals surface area contributed by atoms with Gasteiger partial charge in [0.2, 0.25) is 10.0 Å². The number of likely N-dealkylation sites (N-methyl/N-ethyl adjacent to an activating group) is 1. The molecule has 1 fully saturated rings. The number of aromatic nitrogens is 2. The predicted molar refractivity (Wildman–Crippen MR) is 65.7 cm³/mol. The Bertz CT molecular complexity index is 520. The maximum absolute atomic E-state index is 12.5. The van der Waals surface area contributed by atoms with Crippen LogP contribution in [-0.4, -0.2) is 60.3 Å². The van der Waals surface area contributed by atoms with E-state index in [1.807, 2.05) is 0 Å². The van der Waals surface area contributed by atoms with E-state index >= 15 is 0 Å². The molecule has 0 unspecified atom stereocenters. The highest BCUT2D eigenvalue weighted by molar-refractivity contribution is 7.89. The van der Waals surface area contributed by atoms with E-state index in [4.69, 9.17) is 0 Å². The van der Waals surface area contributed by atoms with Crippen LogP contribution in [0.3, 0.4) is 0 Å². The number of aliphatic hydroxyl groups is 1. The van der Waals surface area contributed by atoms with Gasteiger partial charge in [-0.1, -0.05) is 0 Å². The highest BCUT2D eigenvalue weighted by Gasteiger charge is 2.37. The van der Waals surface area contributed by atoms with Gasteiger partial charge in [0, 0.05) is 20.1 Å². The number of hydrogen-bond acceptors (Lipinski definition) is 5. The van der Waals surface area contributed by atoms with Gasteiger partial charge in [0.05, 0.1) is 23.5 Å². The Morgan fingerprint density at radius 2 is 2.06 bits per heavy atom. The Kier molecular flexibility index (Phi) is 3.45. The number of aromatic amines is 1. The minimum atomic E-state index is -3.63. The Morgan fingerprint density at radius 3 is 2.50 bits per heavy atom. The quantitative estimate of drug-likeness (QED) is 0.655. The summed E-state index contributed by atoms with van der Waals surface area (Å²) in [7, 11) is -2.15. The van der Waals surface area contributed by atoms with Crippen LogP contribution in [0.2, 0.25) is 0 Å². The van der Waals surface area contributed by atoms with Crippen LogP contribution in [0, 0.1) is 13.8 Å². The molecule has 1 aliphatic rings. The van der Waals surface area contributed by atoms with Crippen molar-refractivity contribution in [3.63, 3.8) is 0 Å². The zero-order valence-corrected chi connectivity index (χ0v) is 11.5. The summed E-state index contributed by atoms with van der Waals surface area (Å²) in [6.45, 7) is 4.18. The lowest BCUT2D eigenvalue weighted by atomic mass is 10.2. The molecule has 0 radical (unpaired) electrons. The van der Waals surface area contributed by atoms with E-state index in [2.05, 4.69) is 15.5 Å². The second-order valence-electron chi connectivity index (χ2n) is 4.58. The van der Waals surface area contributed by atoms with Gasteiger partial charge in [-0.05, 0) is 13.8 Å². The van der Waals surface area contributed by atoms with Crippen molar-refractivity contribution in [2.24, 2.45) is 0 Å². The van der Waals surface area contributed by atoms with Gasteiger partial charge in [0.1, 0.15) is 4.90 Å². The maximum Gasteiger partial charge on any atom is 0.246 e. The summed E-state index contributed by atoms with van der Waals surface area (Å²) in [6, 6.07) is -0.441. The van der Waals surface area contributed by atoms with Crippen molar-refractivity contribution in [1.82, 2.24) is 19.8 Å². The van der Waals surface area contributed by atoms with Crippen LogP contribution >= 0.6 is 0 Å². The number of rotatable bonds is 3. The molecule has 0 aliphatic carbocycles. The fraction of sp³-hybridized carbons (Fsp3) is 0.700. The van der Waals surface area contributed by atoms with Gasteiger partial charge in [0.15, 0.2) is 0 Å². The molecule has 1 aromatic heterocycles. The zero-order chi connectivity index (χ0) is 13.5. The molecule has 0 spiro atoms. The van der Waals surface area contributed by atoms with Gasteiger partial charge in [-0.3, -0.25) is 5.10 Å². The average molecular weight is 274 g/mol. The Balaban J connectivity index is 2.37. The third-order valence-electron chi connectivity index (χ3n) is 3.32. The fourth-order valence-electron chi connectivity index (χ4n) is 2.27. The van der Waals surface area contributed by atoms with Crippen molar-refractivity contribution >= 4 is 10.0 Å². The normalized spacial score (nSPS) is 24.9. The van der Waals surface area contributed by atoms with Crippen molar-refractivity contribution in [2.75, 3.05) is 20.1 Å². The molecule has 18 heavy (non-hydrogen) atoms. The van der Waals surface area contributed by atoms with Crippen LogP contribution in [0.25, 0.3) is 0 Å². The lowest BCUT2D eigenvalue weighted by molar-refractivity contribution is 0.136. The highest BCUT2D eigenvalue weighted by atomic mass is 32.2. The molecule has 7 nitrogen and oxygen atoms in total. The Labute approximate surface area is 106 Å². The second-order valence-corrected chi connectivity index (χ2v) is 6.51. The Morgan fingerprint density at radius 1 is 1.39 bits per heavy atom. The maximum atomic E-state index is 12.5. The van der Waals surface area contributed by atoms with E-state index in [9.17, 15) is 13.5 Å². The lowest BCUT2D eigenvalue weighted by Crippen LogP contribution is -2.44. The van der Waals surface area contributed by atoms with Crippen LogP contribution in [0.5, 0.6) is 0 Å². The largest absolute Gasteiger partial charge is 0.390 e. The van der Waals surface area contributed by atoms with Gasteiger partial charge in [-0.2, -0.15) is 9.40 Å². The molecular weight excluding hydrogens is 256 g/mol. The SMILES string of the molecule is Cc1n[nH]c(C)c1S(=O)(=O)N(C)[C@H]1CNC[C@@H]1O. The number of hydrogen-bond donors (Lipinski definition) is 3. The van der Waals surface area contributed by atoms with Gasteiger partial charge >= 0.3 is 0 Å². The van der Waals surface area contributed by atoms with Crippen molar-refractivity contribution < 1.29 is 13.5 Å². The first kappa shape index (κ1) is 13.5. The molecule has 0 aromatic carbocycles. The van der Waals surface area contributed by atoms with Crippen LogP contribution in [-0.2, 0) is 10.0 Å². The molecule has 2 atom stereocenters. The van der Waals surface area contributed by atoms with E-state index < -0.39 is 22.2 Å². The third-order valence-corrected chi connectivity index (χ3v) is 5.46. The summed E-state index contributed by atoms with van der Waals surface area (Å²) in [5.74, 6) is 0. The van der Waals surface area contributed by atoms with Gasteiger partial charge in [0.25, 0.3) is 0 Å². The van der Waals surface area contributed by atoms with Crippen molar-refractivity contribution in [3.8, 4) is 0 Å². The molecule has 3 N–H and O–H groups in total. The van der Waals surface area contributed by atoms with Crippen LogP contribution in [0.15, 0.2) is 4.90 Å². The molecule has 1 aliphatic heterocycles. The monoisotopic (exact) mass is 274 g/mol. The molecule has 1 aromatic rings. The Hall–Kier alpha value is -0.960. The van der Waals surface area contributed by atoms with Crippen LogP contribution < -0.4 is 5.32 Å². The molecular formula is C10H18N4O3S. The highest BCUT2D eigenvalue weighted by Crippen LogP contribution is 2.23. The van der Waals surface area contributed by atoms with E-state index in [0.29, 0.717) is 24.5 Å². The minimum absolute atomic E-state index is 0.198. The van der Waals surface area contributed by atoms with E-state index in [1.165, 1.54) is 11.4 Å².